The predicted octanol–water partition coefficient (Wildman–Crippen LogP) is 1.21. The highest BCUT2D eigenvalue weighted by Gasteiger charge is 2.24. The standard InChI is InChI=1S/C15H16N2O3S/c18-15-8-7-14(10-16-15)21(19,20)17-13-6-5-11-3-1-2-4-12(11)9-13/h1-4,7-8,10,13,17H,5-6,9H2,(H,16,18). The van der Waals surface area contributed by atoms with Crippen molar-refractivity contribution in [2.45, 2.75) is 30.2 Å². The largest absolute Gasteiger partial charge is 0.328 e. The number of fused-ring (bicyclic) bond motifs is 1. The molecule has 0 saturated heterocycles. The Hall–Kier alpha value is -1.92. The third kappa shape index (κ3) is 3.06. The average Bonchev–Trinajstić information content (AvgIpc) is 2.47. The lowest BCUT2D eigenvalue weighted by Crippen LogP contribution is -2.38. The second kappa shape index (κ2) is 5.46. The molecular weight excluding hydrogens is 288 g/mol. The summed E-state index contributed by atoms with van der Waals surface area (Å²) in [5.41, 5.74) is 2.16. The maximum atomic E-state index is 12.3. The molecule has 2 aromatic rings. The third-order valence-corrected chi connectivity index (χ3v) is 5.25. The van der Waals surface area contributed by atoms with Crippen LogP contribution < -0.4 is 10.3 Å². The van der Waals surface area contributed by atoms with Gasteiger partial charge in [0.2, 0.25) is 15.6 Å². The van der Waals surface area contributed by atoms with Crippen LogP contribution >= 0.6 is 0 Å². The van der Waals surface area contributed by atoms with Crippen LogP contribution in [0.4, 0.5) is 0 Å². The lowest BCUT2D eigenvalue weighted by atomic mass is 9.89. The van der Waals surface area contributed by atoms with E-state index in [0.717, 1.165) is 12.8 Å². The molecule has 6 heteroatoms. The molecule has 0 saturated carbocycles. The summed E-state index contributed by atoms with van der Waals surface area (Å²) in [6.07, 6.45) is 3.56. The van der Waals surface area contributed by atoms with Gasteiger partial charge in [-0.25, -0.2) is 13.1 Å². The van der Waals surface area contributed by atoms with Crippen LogP contribution in [0.1, 0.15) is 17.5 Å². The minimum absolute atomic E-state index is 0.0842. The zero-order valence-electron chi connectivity index (χ0n) is 11.4. The molecule has 2 N–H and O–H groups in total. The topological polar surface area (TPSA) is 79.0 Å². The number of H-pyrrole nitrogens is 1. The molecular formula is C15H16N2O3S. The summed E-state index contributed by atoms with van der Waals surface area (Å²) in [5, 5.41) is 0. The Morgan fingerprint density at radius 2 is 1.86 bits per heavy atom. The first kappa shape index (κ1) is 14.0. The smallest absolute Gasteiger partial charge is 0.247 e. The molecule has 1 aromatic carbocycles. The summed E-state index contributed by atoms with van der Waals surface area (Å²) in [6, 6.07) is 10.5. The summed E-state index contributed by atoms with van der Waals surface area (Å²) in [7, 11) is -3.60. The van der Waals surface area contributed by atoms with Crippen LogP contribution in [0.25, 0.3) is 0 Å². The van der Waals surface area contributed by atoms with Crippen molar-refractivity contribution in [3.05, 3.63) is 64.1 Å². The molecule has 110 valence electrons. The number of aromatic nitrogens is 1. The fraction of sp³-hybridized carbons (Fsp3) is 0.267. The van der Waals surface area contributed by atoms with Crippen molar-refractivity contribution in [2.75, 3.05) is 0 Å². The highest BCUT2D eigenvalue weighted by Crippen LogP contribution is 2.22. The van der Waals surface area contributed by atoms with Gasteiger partial charge in [-0.3, -0.25) is 4.79 Å². The Balaban J connectivity index is 1.78. The van der Waals surface area contributed by atoms with Gasteiger partial charge in [0, 0.05) is 18.3 Å². The number of aromatic amines is 1. The molecule has 0 spiro atoms. The van der Waals surface area contributed by atoms with Gasteiger partial charge < -0.3 is 4.98 Å². The molecule has 1 atom stereocenters. The Morgan fingerprint density at radius 1 is 1.10 bits per heavy atom. The molecule has 1 aliphatic rings. The van der Waals surface area contributed by atoms with E-state index in [1.807, 2.05) is 18.2 Å². The molecule has 21 heavy (non-hydrogen) atoms. The number of rotatable bonds is 3. The number of hydrogen-bond donors (Lipinski definition) is 2. The van der Waals surface area contributed by atoms with Gasteiger partial charge in [-0.2, -0.15) is 0 Å². The quantitative estimate of drug-likeness (QED) is 0.894. The summed E-state index contributed by atoms with van der Waals surface area (Å²) in [4.78, 5) is 13.5. The highest BCUT2D eigenvalue weighted by molar-refractivity contribution is 7.89. The van der Waals surface area contributed by atoms with E-state index < -0.39 is 10.0 Å². The Kier molecular flexibility index (Phi) is 3.65. The fourth-order valence-electron chi connectivity index (χ4n) is 2.65. The van der Waals surface area contributed by atoms with Crippen molar-refractivity contribution >= 4 is 10.0 Å². The molecule has 5 nitrogen and oxygen atoms in total. The van der Waals surface area contributed by atoms with Crippen molar-refractivity contribution in [1.29, 1.82) is 0 Å². The van der Waals surface area contributed by atoms with E-state index in [2.05, 4.69) is 15.8 Å². The van der Waals surface area contributed by atoms with E-state index >= 15 is 0 Å². The number of hydrogen-bond acceptors (Lipinski definition) is 3. The van der Waals surface area contributed by atoms with Crippen molar-refractivity contribution in [3.8, 4) is 0 Å². The van der Waals surface area contributed by atoms with E-state index in [-0.39, 0.29) is 16.5 Å². The number of nitrogens with one attached hydrogen (secondary N) is 2. The number of pyridine rings is 1. The molecule has 1 aromatic heterocycles. The SMILES string of the molecule is O=c1ccc(S(=O)(=O)NC2CCc3ccccc3C2)c[nH]1. The van der Waals surface area contributed by atoms with E-state index in [9.17, 15) is 13.2 Å². The van der Waals surface area contributed by atoms with Crippen molar-refractivity contribution in [3.63, 3.8) is 0 Å². The summed E-state index contributed by atoms with van der Waals surface area (Å²) in [6.45, 7) is 0. The second-order valence-corrected chi connectivity index (χ2v) is 6.93. The van der Waals surface area contributed by atoms with Gasteiger partial charge in [0.15, 0.2) is 0 Å². The zero-order valence-corrected chi connectivity index (χ0v) is 12.2. The first-order chi connectivity index (χ1) is 10.0. The minimum Gasteiger partial charge on any atom is -0.328 e. The van der Waals surface area contributed by atoms with Crippen LogP contribution in [-0.4, -0.2) is 19.4 Å². The second-order valence-electron chi connectivity index (χ2n) is 5.22. The van der Waals surface area contributed by atoms with Crippen molar-refractivity contribution in [2.24, 2.45) is 0 Å². The lowest BCUT2D eigenvalue weighted by Gasteiger charge is -2.25. The maximum Gasteiger partial charge on any atom is 0.247 e. The molecule has 1 aliphatic carbocycles. The van der Waals surface area contributed by atoms with Crippen LogP contribution in [-0.2, 0) is 22.9 Å². The molecule has 3 rings (SSSR count). The van der Waals surface area contributed by atoms with Gasteiger partial charge in [-0.05, 0) is 36.5 Å². The summed E-state index contributed by atoms with van der Waals surface area (Å²) < 4.78 is 27.3. The Morgan fingerprint density at radius 3 is 2.57 bits per heavy atom. The van der Waals surface area contributed by atoms with Gasteiger partial charge in [0.25, 0.3) is 0 Å². The van der Waals surface area contributed by atoms with Crippen LogP contribution in [0.5, 0.6) is 0 Å². The lowest BCUT2D eigenvalue weighted by molar-refractivity contribution is 0.507. The fourth-order valence-corrected chi connectivity index (χ4v) is 3.89. The van der Waals surface area contributed by atoms with Gasteiger partial charge in [0.1, 0.15) is 0 Å². The summed E-state index contributed by atoms with van der Waals surface area (Å²) >= 11 is 0. The van der Waals surface area contributed by atoms with Gasteiger partial charge >= 0.3 is 0 Å². The Labute approximate surface area is 123 Å². The minimum atomic E-state index is -3.60. The first-order valence-corrected chi connectivity index (χ1v) is 8.31. The average molecular weight is 304 g/mol. The van der Waals surface area contributed by atoms with Crippen LogP contribution in [0.15, 0.2) is 52.3 Å². The monoisotopic (exact) mass is 304 g/mol. The summed E-state index contributed by atoms with van der Waals surface area (Å²) in [5.74, 6) is 0. The molecule has 0 aliphatic heterocycles. The van der Waals surface area contributed by atoms with Crippen LogP contribution in [0.3, 0.4) is 0 Å². The number of benzene rings is 1. The normalized spacial score (nSPS) is 18.2. The third-order valence-electron chi connectivity index (χ3n) is 3.73. The highest BCUT2D eigenvalue weighted by atomic mass is 32.2. The van der Waals surface area contributed by atoms with Crippen molar-refractivity contribution < 1.29 is 8.42 Å². The van der Waals surface area contributed by atoms with Gasteiger partial charge in [-0.15, -0.1) is 0 Å². The molecule has 0 radical (unpaired) electrons. The zero-order chi connectivity index (χ0) is 14.9. The van der Waals surface area contributed by atoms with Crippen LogP contribution in [0, 0.1) is 0 Å². The van der Waals surface area contributed by atoms with E-state index in [1.54, 1.807) is 0 Å². The van der Waals surface area contributed by atoms with Gasteiger partial charge in [0.05, 0.1) is 4.90 Å². The molecule has 1 unspecified atom stereocenters. The van der Waals surface area contributed by atoms with Crippen molar-refractivity contribution in [1.82, 2.24) is 9.71 Å². The van der Waals surface area contributed by atoms with E-state index in [4.69, 9.17) is 0 Å². The number of sulfonamides is 1. The van der Waals surface area contributed by atoms with Crippen LogP contribution in [0.2, 0.25) is 0 Å². The maximum absolute atomic E-state index is 12.3. The predicted molar refractivity (Wildman–Crippen MR) is 79.6 cm³/mol. The molecule has 0 amide bonds. The molecule has 0 fully saturated rings. The Bertz CT molecular complexity index is 791. The molecule has 0 bridgehead atoms. The van der Waals surface area contributed by atoms with Gasteiger partial charge in [-0.1, -0.05) is 24.3 Å². The first-order valence-electron chi connectivity index (χ1n) is 6.82. The molecule has 1 heterocycles. The van der Waals surface area contributed by atoms with E-state index in [1.165, 1.54) is 29.5 Å². The number of aryl methyl sites for hydroxylation is 1. The van der Waals surface area contributed by atoms with E-state index in [0.29, 0.717) is 6.42 Å².